The van der Waals surface area contributed by atoms with Crippen LogP contribution in [0.1, 0.15) is 73.7 Å². The Kier molecular flexibility index (Phi) is 11.9. The number of ether oxygens (including phenoxy) is 1. The Morgan fingerprint density at radius 3 is 2.15 bits per heavy atom. The highest BCUT2D eigenvalue weighted by Crippen LogP contribution is 2.49. The van der Waals surface area contributed by atoms with Gasteiger partial charge in [0, 0.05) is 18.3 Å². The summed E-state index contributed by atoms with van der Waals surface area (Å²) in [6.07, 6.45) is 6.22. The van der Waals surface area contributed by atoms with Gasteiger partial charge in [0.1, 0.15) is 18.3 Å². The SMILES string of the molecule is CN[C@@H](C)C(=O)N[C@H]1CCO[C@H]2CC(CCc3ccccc3)(CCc3ccccc3)C(C(=O)N[C@@H]3CCCc4ccccc43)N2C1=O.Cl. The van der Waals surface area contributed by atoms with E-state index < -0.39 is 29.8 Å². The summed E-state index contributed by atoms with van der Waals surface area (Å²) < 4.78 is 6.44. The zero-order valence-electron chi connectivity index (χ0n) is 28.0. The zero-order chi connectivity index (χ0) is 32.8. The number of hydrogen-bond donors (Lipinski definition) is 3. The number of rotatable bonds is 11. The van der Waals surface area contributed by atoms with Crippen molar-refractivity contribution in [2.75, 3.05) is 13.7 Å². The summed E-state index contributed by atoms with van der Waals surface area (Å²) >= 11 is 0. The number of halogens is 1. The van der Waals surface area contributed by atoms with Crippen LogP contribution in [0.2, 0.25) is 0 Å². The third-order valence-corrected chi connectivity index (χ3v) is 10.6. The van der Waals surface area contributed by atoms with Gasteiger partial charge in [-0.25, -0.2) is 0 Å². The van der Waals surface area contributed by atoms with Gasteiger partial charge in [0.05, 0.1) is 18.7 Å². The van der Waals surface area contributed by atoms with E-state index in [2.05, 4.69) is 58.4 Å². The fraction of sp³-hybridized carbons (Fsp3) is 0.462. The van der Waals surface area contributed by atoms with Crippen molar-refractivity contribution in [1.82, 2.24) is 20.9 Å². The number of carbonyl (C=O) groups is 3. The van der Waals surface area contributed by atoms with E-state index in [9.17, 15) is 14.4 Å². The van der Waals surface area contributed by atoms with E-state index in [1.807, 2.05) is 42.5 Å². The van der Waals surface area contributed by atoms with Crippen molar-refractivity contribution in [2.24, 2.45) is 5.41 Å². The molecule has 2 saturated heterocycles. The molecule has 3 aromatic carbocycles. The standard InChI is InChI=1S/C39H48N4O4.ClH/c1-27(40-2)36(44)42-33-22-25-47-34-26-39(23-20-28-12-5-3-6-13-28,24-21-29-14-7-4-8-15-29)35(43(34)38(33)46)37(45)41-32-19-11-17-30-16-9-10-18-31(30)32;/h3-10,12-16,18,27,32-35,40H,11,17,19-26H2,1-2H3,(H,41,45)(H,42,44);1H/t27-,32+,33-,34-,35?;/m0./s1. The first-order valence-corrected chi connectivity index (χ1v) is 17.3. The number of aryl methyl sites for hydroxylation is 3. The van der Waals surface area contributed by atoms with Gasteiger partial charge in [0.2, 0.25) is 17.7 Å². The molecule has 3 aromatic rings. The third kappa shape index (κ3) is 7.77. The third-order valence-electron chi connectivity index (χ3n) is 10.6. The molecule has 3 amide bonds. The predicted molar refractivity (Wildman–Crippen MR) is 190 cm³/mol. The molecule has 0 spiro atoms. The van der Waals surface area contributed by atoms with Crippen LogP contribution in [-0.4, -0.2) is 60.6 Å². The second-order valence-corrected chi connectivity index (χ2v) is 13.5. The van der Waals surface area contributed by atoms with Gasteiger partial charge in [-0.05, 0) is 81.2 Å². The number of benzene rings is 3. The summed E-state index contributed by atoms with van der Waals surface area (Å²) in [6, 6.07) is 27.0. The maximum Gasteiger partial charge on any atom is 0.247 e. The Hall–Kier alpha value is -3.72. The second-order valence-electron chi connectivity index (χ2n) is 13.5. The van der Waals surface area contributed by atoms with Crippen molar-refractivity contribution in [3.05, 3.63) is 107 Å². The van der Waals surface area contributed by atoms with E-state index in [0.717, 1.165) is 50.5 Å². The molecule has 0 bridgehead atoms. The number of hydrogen-bond acceptors (Lipinski definition) is 5. The van der Waals surface area contributed by atoms with E-state index in [-0.39, 0.29) is 36.2 Å². The molecule has 1 aliphatic carbocycles. The highest BCUT2D eigenvalue weighted by Gasteiger charge is 2.58. The van der Waals surface area contributed by atoms with Crippen LogP contribution in [0.15, 0.2) is 84.9 Å². The maximum atomic E-state index is 14.9. The van der Waals surface area contributed by atoms with Crippen LogP contribution in [0.5, 0.6) is 0 Å². The topological polar surface area (TPSA) is 99.8 Å². The zero-order valence-corrected chi connectivity index (χ0v) is 28.8. The minimum absolute atomic E-state index is 0. The van der Waals surface area contributed by atoms with Crippen molar-refractivity contribution < 1.29 is 19.1 Å². The van der Waals surface area contributed by atoms with Crippen molar-refractivity contribution in [2.45, 2.75) is 95.1 Å². The Labute approximate surface area is 290 Å². The van der Waals surface area contributed by atoms with Crippen molar-refractivity contribution in [3.8, 4) is 0 Å². The highest BCUT2D eigenvalue weighted by molar-refractivity contribution is 5.94. The lowest BCUT2D eigenvalue weighted by molar-refractivity contribution is -0.150. The van der Waals surface area contributed by atoms with Gasteiger partial charge in [-0.3, -0.25) is 14.4 Å². The Morgan fingerprint density at radius 2 is 1.50 bits per heavy atom. The number of nitrogens with zero attached hydrogens (tertiary/aromatic N) is 1. The summed E-state index contributed by atoms with van der Waals surface area (Å²) in [6.45, 7) is 2.09. The molecule has 0 saturated carbocycles. The predicted octanol–water partition coefficient (Wildman–Crippen LogP) is 5.29. The van der Waals surface area contributed by atoms with Gasteiger partial charge in [0.25, 0.3) is 0 Å². The molecule has 8 nitrogen and oxygen atoms in total. The summed E-state index contributed by atoms with van der Waals surface area (Å²) in [4.78, 5) is 44.1. The van der Waals surface area contributed by atoms with Crippen LogP contribution < -0.4 is 16.0 Å². The number of amides is 3. The molecule has 256 valence electrons. The van der Waals surface area contributed by atoms with Crippen molar-refractivity contribution in [1.29, 1.82) is 0 Å². The van der Waals surface area contributed by atoms with Gasteiger partial charge in [-0.15, -0.1) is 12.4 Å². The van der Waals surface area contributed by atoms with E-state index in [1.54, 1.807) is 18.9 Å². The Balaban J connectivity index is 0.00000451. The normalized spacial score (nSPS) is 23.5. The molecule has 3 aliphatic rings. The van der Waals surface area contributed by atoms with Crippen LogP contribution in [0.4, 0.5) is 0 Å². The number of carbonyl (C=O) groups excluding carboxylic acids is 3. The van der Waals surface area contributed by atoms with Gasteiger partial charge < -0.3 is 25.6 Å². The molecule has 5 atom stereocenters. The molecule has 2 heterocycles. The molecular formula is C39H49ClN4O4. The molecule has 9 heteroatoms. The van der Waals surface area contributed by atoms with Gasteiger partial charge in [-0.1, -0.05) is 84.9 Å². The van der Waals surface area contributed by atoms with Crippen LogP contribution in [0.25, 0.3) is 0 Å². The molecule has 3 N–H and O–H groups in total. The summed E-state index contributed by atoms with van der Waals surface area (Å²) in [5.74, 6) is -0.625. The Bertz CT molecular complexity index is 1490. The van der Waals surface area contributed by atoms with Gasteiger partial charge in [-0.2, -0.15) is 0 Å². The van der Waals surface area contributed by atoms with Crippen LogP contribution in [0, 0.1) is 5.41 Å². The first-order valence-electron chi connectivity index (χ1n) is 17.3. The molecular weight excluding hydrogens is 624 g/mol. The number of nitrogens with one attached hydrogen (secondary N) is 3. The number of likely N-dealkylation sites (N-methyl/N-ethyl adjacent to an activating group) is 1. The van der Waals surface area contributed by atoms with E-state index >= 15 is 0 Å². The average molecular weight is 673 g/mol. The van der Waals surface area contributed by atoms with E-state index in [1.165, 1.54) is 16.7 Å². The number of fused-ring (bicyclic) bond motifs is 2. The highest BCUT2D eigenvalue weighted by atomic mass is 35.5. The Morgan fingerprint density at radius 1 is 0.875 bits per heavy atom. The molecule has 2 aliphatic heterocycles. The van der Waals surface area contributed by atoms with Gasteiger partial charge >= 0.3 is 0 Å². The summed E-state index contributed by atoms with van der Waals surface area (Å²) in [5.41, 5.74) is 4.28. The summed E-state index contributed by atoms with van der Waals surface area (Å²) in [7, 11) is 1.72. The minimum Gasteiger partial charge on any atom is -0.358 e. The maximum absolute atomic E-state index is 14.9. The molecule has 1 unspecified atom stereocenters. The van der Waals surface area contributed by atoms with Crippen LogP contribution in [0.3, 0.4) is 0 Å². The van der Waals surface area contributed by atoms with Crippen LogP contribution >= 0.6 is 12.4 Å². The quantitative estimate of drug-likeness (QED) is 0.257. The monoisotopic (exact) mass is 672 g/mol. The summed E-state index contributed by atoms with van der Waals surface area (Å²) in [5, 5.41) is 9.36. The lowest BCUT2D eigenvalue weighted by Crippen LogP contribution is -2.59. The fourth-order valence-corrected chi connectivity index (χ4v) is 7.85. The lowest BCUT2D eigenvalue weighted by Gasteiger charge is -2.39. The molecule has 6 rings (SSSR count). The lowest BCUT2D eigenvalue weighted by atomic mass is 9.70. The van der Waals surface area contributed by atoms with E-state index in [4.69, 9.17) is 4.74 Å². The second kappa shape index (κ2) is 16.1. The van der Waals surface area contributed by atoms with E-state index in [0.29, 0.717) is 19.4 Å². The molecule has 0 aromatic heterocycles. The molecule has 48 heavy (non-hydrogen) atoms. The van der Waals surface area contributed by atoms with Crippen molar-refractivity contribution in [3.63, 3.8) is 0 Å². The van der Waals surface area contributed by atoms with Crippen LogP contribution in [-0.2, 0) is 38.4 Å². The first-order chi connectivity index (χ1) is 22.9. The molecule has 2 fully saturated rings. The fourth-order valence-electron chi connectivity index (χ4n) is 7.85. The first kappa shape index (κ1) is 35.6. The largest absolute Gasteiger partial charge is 0.358 e. The smallest absolute Gasteiger partial charge is 0.247 e. The van der Waals surface area contributed by atoms with Crippen molar-refractivity contribution >= 4 is 30.1 Å². The van der Waals surface area contributed by atoms with Gasteiger partial charge in [0.15, 0.2) is 0 Å². The minimum atomic E-state index is -0.770. The average Bonchev–Trinajstić information content (AvgIpc) is 3.36. The molecule has 0 radical (unpaired) electrons.